The number of aromatic amines is 1. The van der Waals surface area contributed by atoms with Crippen molar-refractivity contribution in [3.05, 3.63) is 83.7 Å². The summed E-state index contributed by atoms with van der Waals surface area (Å²) < 4.78 is 0. The number of benzene rings is 2. The van der Waals surface area contributed by atoms with Crippen molar-refractivity contribution in [2.45, 2.75) is 12.8 Å². The first-order valence-electron chi connectivity index (χ1n) is 8.68. The molecule has 0 radical (unpaired) electrons. The Bertz CT molecular complexity index is 1070. The lowest BCUT2D eigenvalue weighted by atomic mass is 10.1. The summed E-state index contributed by atoms with van der Waals surface area (Å²) in [6, 6.07) is 17.5. The molecule has 0 unspecified atom stereocenters. The van der Waals surface area contributed by atoms with Gasteiger partial charge in [-0.05, 0) is 53.4 Å². The second-order valence-corrected chi connectivity index (χ2v) is 6.39. The van der Waals surface area contributed by atoms with E-state index in [9.17, 15) is 4.79 Å². The van der Waals surface area contributed by atoms with E-state index < -0.39 is 0 Å². The second kappa shape index (κ2) is 7.29. The Morgan fingerprint density at radius 3 is 2.52 bits per heavy atom. The third-order valence-corrected chi connectivity index (χ3v) is 4.36. The molecule has 0 aliphatic rings. The molecule has 4 N–H and O–H groups in total. The molecule has 27 heavy (non-hydrogen) atoms. The minimum atomic E-state index is -0.0917. The fourth-order valence-corrected chi connectivity index (χ4v) is 3.07. The van der Waals surface area contributed by atoms with Crippen LogP contribution in [0.3, 0.4) is 0 Å². The highest BCUT2D eigenvalue weighted by Gasteiger charge is 2.10. The molecule has 6 heteroatoms. The van der Waals surface area contributed by atoms with E-state index in [1.165, 1.54) is 11.1 Å². The Morgan fingerprint density at radius 1 is 1.00 bits per heavy atom. The Morgan fingerprint density at radius 2 is 1.74 bits per heavy atom. The van der Waals surface area contributed by atoms with Crippen LogP contribution in [-0.2, 0) is 17.6 Å². The molecule has 134 valence electrons. The standard InChI is InChI=1S/C21H19N5O/c22-21-25-18-3-1-2-16(20(18)26-21)13-19(27)24-17-6-4-14(5-7-17)12-15-8-10-23-11-9-15/h1-11H,12-13H2,(H,24,27)(H3,22,25,26). The largest absolute Gasteiger partial charge is 0.369 e. The molecule has 4 rings (SSSR count). The minimum Gasteiger partial charge on any atom is -0.369 e. The number of amides is 1. The highest BCUT2D eigenvalue weighted by atomic mass is 16.1. The molecule has 0 fully saturated rings. The van der Waals surface area contributed by atoms with Crippen LogP contribution in [-0.4, -0.2) is 20.9 Å². The summed E-state index contributed by atoms with van der Waals surface area (Å²) >= 11 is 0. The number of pyridine rings is 1. The zero-order valence-electron chi connectivity index (χ0n) is 14.6. The zero-order valence-corrected chi connectivity index (χ0v) is 14.6. The summed E-state index contributed by atoms with van der Waals surface area (Å²) in [5, 5.41) is 2.93. The summed E-state index contributed by atoms with van der Waals surface area (Å²) in [6.45, 7) is 0. The van der Waals surface area contributed by atoms with Crippen LogP contribution in [0.4, 0.5) is 11.6 Å². The molecule has 0 aliphatic carbocycles. The van der Waals surface area contributed by atoms with E-state index in [0.717, 1.165) is 28.7 Å². The second-order valence-electron chi connectivity index (χ2n) is 6.39. The number of hydrogen-bond acceptors (Lipinski definition) is 4. The van der Waals surface area contributed by atoms with Gasteiger partial charge in [0.2, 0.25) is 5.91 Å². The van der Waals surface area contributed by atoms with Gasteiger partial charge in [-0.25, -0.2) is 4.98 Å². The lowest BCUT2D eigenvalue weighted by Crippen LogP contribution is -2.14. The van der Waals surface area contributed by atoms with Crippen molar-refractivity contribution in [2.24, 2.45) is 0 Å². The lowest BCUT2D eigenvalue weighted by molar-refractivity contribution is -0.115. The van der Waals surface area contributed by atoms with E-state index >= 15 is 0 Å². The molecule has 6 nitrogen and oxygen atoms in total. The summed E-state index contributed by atoms with van der Waals surface area (Å²) in [6.07, 6.45) is 4.65. The SMILES string of the molecule is Nc1nc2c(CC(=O)Nc3ccc(Cc4ccncc4)cc3)cccc2[nH]1. The molecule has 0 saturated heterocycles. The van der Waals surface area contributed by atoms with Crippen LogP contribution >= 0.6 is 0 Å². The number of fused-ring (bicyclic) bond motifs is 1. The zero-order chi connectivity index (χ0) is 18.6. The molecule has 0 saturated carbocycles. The van der Waals surface area contributed by atoms with Gasteiger partial charge in [-0.2, -0.15) is 0 Å². The first-order valence-corrected chi connectivity index (χ1v) is 8.68. The minimum absolute atomic E-state index is 0.0917. The maximum Gasteiger partial charge on any atom is 0.228 e. The number of imidazole rings is 1. The van der Waals surface area contributed by atoms with Gasteiger partial charge in [0.15, 0.2) is 5.95 Å². The maximum atomic E-state index is 12.4. The van der Waals surface area contributed by atoms with Gasteiger partial charge in [-0.1, -0.05) is 24.3 Å². The average molecular weight is 357 g/mol. The summed E-state index contributed by atoms with van der Waals surface area (Å²) in [5.41, 5.74) is 11.3. The lowest BCUT2D eigenvalue weighted by Gasteiger charge is -2.07. The van der Waals surface area contributed by atoms with Gasteiger partial charge < -0.3 is 16.0 Å². The number of nitrogen functional groups attached to an aromatic ring is 1. The summed E-state index contributed by atoms with van der Waals surface area (Å²) in [7, 11) is 0. The fourth-order valence-electron chi connectivity index (χ4n) is 3.07. The van der Waals surface area contributed by atoms with Gasteiger partial charge in [-0.15, -0.1) is 0 Å². The van der Waals surface area contributed by atoms with Gasteiger partial charge in [0.05, 0.1) is 17.5 Å². The molecule has 1 amide bonds. The third-order valence-electron chi connectivity index (χ3n) is 4.36. The first-order chi connectivity index (χ1) is 13.2. The maximum absolute atomic E-state index is 12.4. The monoisotopic (exact) mass is 357 g/mol. The van der Waals surface area contributed by atoms with Crippen molar-refractivity contribution in [3.8, 4) is 0 Å². The van der Waals surface area contributed by atoms with Crippen molar-refractivity contribution < 1.29 is 4.79 Å². The van der Waals surface area contributed by atoms with Crippen LogP contribution < -0.4 is 11.1 Å². The van der Waals surface area contributed by atoms with Crippen LogP contribution in [0, 0.1) is 0 Å². The number of rotatable bonds is 5. The van der Waals surface area contributed by atoms with Crippen LogP contribution in [0.15, 0.2) is 67.0 Å². The van der Waals surface area contributed by atoms with E-state index in [0.29, 0.717) is 5.95 Å². The van der Waals surface area contributed by atoms with Crippen molar-refractivity contribution in [1.29, 1.82) is 0 Å². The molecular formula is C21H19N5O. The van der Waals surface area contributed by atoms with Crippen LogP contribution in [0.2, 0.25) is 0 Å². The molecule has 2 heterocycles. The number of nitrogens with zero attached hydrogens (tertiary/aromatic N) is 2. The van der Waals surface area contributed by atoms with Crippen LogP contribution in [0.25, 0.3) is 11.0 Å². The predicted octanol–water partition coefficient (Wildman–Crippen LogP) is 3.31. The van der Waals surface area contributed by atoms with E-state index in [1.807, 2.05) is 54.6 Å². The van der Waals surface area contributed by atoms with Gasteiger partial charge in [0.1, 0.15) is 0 Å². The Kier molecular flexibility index (Phi) is 4.53. The highest BCUT2D eigenvalue weighted by molar-refractivity contribution is 5.95. The van der Waals surface area contributed by atoms with Crippen molar-refractivity contribution in [1.82, 2.24) is 15.0 Å². The molecule has 0 aliphatic heterocycles. The van der Waals surface area contributed by atoms with E-state index in [2.05, 4.69) is 20.3 Å². The van der Waals surface area contributed by atoms with E-state index in [1.54, 1.807) is 12.4 Å². The molecule has 0 bridgehead atoms. The number of nitrogens with two attached hydrogens (primary N) is 1. The molecule has 2 aromatic carbocycles. The van der Waals surface area contributed by atoms with Crippen LogP contribution in [0.5, 0.6) is 0 Å². The quantitative estimate of drug-likeness (QED) is 0.510. The third kappa shape index (κ3) is 3.95. The molecule has 0 atom stereocenters. The summed E-state index contributed by atoms with van der Waals surface area (Å²) in [4.78, 5) is 23.7. The first kappa shape index (κ1) is 16.8. The number of aromatic nitrogens is 3. The molecule has 2 aromatic heterocycles. The fraction of sp³-hybridized carbons (Fsp3) is 0.0952. The van der Waals surface area contributed by atoms with Gasteiger partial charge in [-0.3, -0.25) is 9.78 Å². The number of anilines is 2. The number of carbonyl (C=O) groups is 1. The highest BCUT2D eigenvalue weighted by Crippen LogP contribution is 2.19. The topological polar surface area (TPSA) is 96.7 Å². The number of nitrogens with one attached hydrogen (secondary N) is 2. The van der Waals surface area contributed by atoms with Crippen LogP contribution in [0.1, 0.15) is 16.7 Å². The average Bonchev–Trinajstić information content (AvgIpc) is 3.05. The summed E-state index contributed by atoms with van der Waals surface area (Å²) in [5.74, 6) is 0.258. The van der Waals surface area contributed by atoms with E-state index in [4.69, 9.17) is 5.73 Å². The number of H-pyrrole nitrogens is 1. The Labute approximate surface area is 156 Å². The van der Waals surface area contributed by atoms with Crippen molar-refractivity contribution in [3.63, 3.8) is 0 Å². The van der Waals surface area contributed by atoms with E-state index in [-0.39, 0.29) is 12.3 Å². The normalized spacial score (nSPS) is 10.8. The van der Waals surface area contributed by atoms with Crippen molar-refractivity contribution in [2.75, 3.05) is 11.1 Å². The Hall–Kier alpha value is -3.67. The molecule has 4 aromatic rings. The number of para-hydroxylation sites is 1. The number of carbonyl (C=O) groups excluding carboxylic acids is 1. The van der Waals surface area contributed by atoms with Gasteiger partial charge in [0, 0.05) is 18.1 Å². The molecular weight excluding hydrogens is 338 g/mol. The predicted molar refractivity (Wildman–Crippen MR) is 106 cm³/mol. The van der Waals surface area contributed by atoms with Crippen molar-refractivity contribution >= 4 is 28.6 Å². The molecule has 0 spiro atoms. The number of hydrogen-bond donors (Lipinski definition) is 3. The smallest absolute Gasteiger partial charge is 0.228 e. The van der Waals surface area contributed by atoms with Gasteiger partial charge in [0.25, 0.3) is 0 Å². The Balaban J connectivity index is 1.42. The van der Waals surface area contributed by atoms with Gasteiger partial charge >= 0.3 is 0 Å².